The second kappa shape index (κ2) is 12.1. The largest absolute Gasteiger partial charge is 0.310 e. The zero-order valence-electron chi connectivity index (χ0n) is 29.5. The summed E-state index contributed by atoms with van der Waals surface area (Å²) >= 11 is 0. The summed E-state index contributed by atoms with van der Waals surface area (Å²) in [6.07, 6.45) is 0. The van der Waals surface area contributed by atoms with Crippen LogP contribution in [0.5, 0.6) is 0 Å². The Labute approximate surface area is 308 Å². The van der Waals surface area contributed by atoms with Crippen LogP contribution in [0.15, 0.2) is 176 Å². The first kappa shape index (κ1) is 30.9. The van der Waals surface area contributed by atoms with E-state index in [9.17, 15) is 0 Å². The lowest BCUT2D eigenvalue weighted by Gasteiger charge is -2.42. The fourth-order valence-electron chi connectivity index (χ4n) is 8.02. The Morgan fingerprint density at radius 3 is 1.28 bits per heavy atom. The lowest BCUT2D eigenvalue weighted by Crippen LogP contribution is -2.30. The van der Waals surface area contributed by atoms with Crippen LogP contribution in [-0.4, -0.2) is 19.5 Å². The van der Waals surface area contributed by atoms with Crippen LogP contribution >= 0.6 is 0 Å². The Kier molecular flexibility index (Phi) is 7.08. The van der Waals surface area contributed by atoms with Gasteiger partial charge < -0.3 is 9.47 Å². The molecule has 0 amide bonds. The van der Waals surface area contributed by atoms with Gasteiger partial charge >= 0.3 is 0 Å². The van der Waals surface area contributed by atoms with Gasteiger partial charge in [0.1, 0.15) is 0 Å². The van der Waals surface area contributed by atoms with Crippen molar-refractivity contribution < 1.29 is 0 Å². The van der Waals surface area contributed by atoms with Crippen LogP contribution in [0.25, 0.3) is 61.7 Å². The highest BCUT2D eigenvalue weighted by Gasteiger charge is 2.36. The molecule has 0 unspecified atom stereocenters. The molecule has 0 saturated heterocycles. The quantitative estimate of drug-likeness (QED) is 0.181. The molecule has 0 fully saturated rings. The second-order valence-corrected chi connectivity index (χ2v) is 14.1. The first-order valence-electron chi connectivity index (χ1n) is 18.0. The molecule has 0 radical (unpaired) electrons. The Morgan fingerprint density at radius 2 is 0.774 bits per heavy atom. The van der Waals surface area contributed by atoms with Gasteiger partial charge in [-0.1, -0.05) is 117 Å². The topological polar surface area (TPSA) is 46.8 Å². The summed E-state index contributed by atoms with van der Waals surface area (Å²) < 4.78 is 2.32. The summed E-state index contributed by atoms with van der Waals surface area (Å²) in [5.41, 5.74) is 12.2. The van der Waals surface area contributed by atoms with Crippen LogP contribution in [0.2, 0.25) is 0 Å². The van der Waals surface area contributed by atoms with E-state index in [1.165, 1.54) is 44.3 Å². The molecule has 9 aromatic rings. The molecule has 0 spiro atoms. The average molecular weight is 682 g/mol. The number of fused-ring (bicyclic) bond motifs is 5. The zero-order chi connectivity index (χ0) is 35.5. The molecule has 0 N–H and O–H groups in total. The molecule has 3 heterocycles. The Balaban J connectivity index is 1.06. The van der Waals surface area contributed by atoms with Crippen LogP contribution in [0.4, 0.5) is 17.1 Å². The predicted molar refractivity (Wildman–Crippen MR) is 217 cm³/mol. The molecule has 0 bridgehead atoms. The van der Waals surface area contributed by atoms with E-state index in [1.807, 2.05) is 30.3 Å². The maximum absolute atomic E-state index is 5.08. The molecule has 5 nitrogen and oxygen atoms in total. The normalized spacial score (nSPS) is 13.2. The van der Waals surface area contributed by atoms with Gasteiger partial charge in [0.05, 0.1) is 22.4 Å². The number of hydrogen-bond acceptors (Lipinski definition) is 4. The van der Waals surface area contributed by atoms with Gasteiger partial charge in [0.15, 0.2) is 17.5 Å². The standard InChI is InChI=1S/C48H35N5/c1-48(2)39-18-8-12-22-43(39)53(44-23-13-9-19-40(44)48)36-30-26-34(27-31-36)47-50-45(32-14-4-3-5-15-32)49-46(51-47)33-24-28-35(29-25-33)52-41-20-10-6-16-37(41)38-17-7-11-21-42(38)52/h3-31H,1-2H3. The van der Waals surface area contributed by atoms with Crippen molar-refractivity contribution in [1.82, 2.24) is 19.5 Å². The SMILES string of the molecule is CC1(C)c2ccccc2N(c2ccc(-c3nc(-c4ccccc4)nc(-c4ccc(-n5c6ccccc6c6ccccc65)cc4)n3)cc2)c2ccccc21. The zero-order valence-corrected chi connectivity index (χ0v) is 29.5. The van der Waals surface area contributed by atoms with Gasteiger partial charge in [0, 0.05) is 44.3 Å². The molecule has 2 aromatic heterocycles. The maximum atomic E-state index is 5.08. The Bertz CT molecular complexity index is 2700. The monoisotopic (exact) mass is 681 g/mol. The first-order chi connectivity index (χ1) is 26.0. The number of benzene rings is 7. The van der Waals surface area contributed by atoms with E-state index in [2.05, 4.69) is 169 Å². The van der Waals surface area contributed by atoms with Gasteiger partial charge in [-0.2, -0.15) is 0 Å². The van der Waals surface area contributed by atoms with Crippen molar-refractivity contribution in [3.63, 3.8) is 0 Å². The molecule has 53 heavy (non-hydrogen) atoms. The van der Waals surface area contributed by atoms with E-state index in [4.69, 9.17) is 15.0 Å². The summed E-state index contributed by atoms with van der Waals surface area (Å²) in [6.45, 7) is 4.62. The van der Waals surface area contributed by atoms with Crippen LogP contribution in [-0.2, 0) is 5.41 Å². The third-order valence-electron chi connectivity index (χ3n) is 10.7. The number of rotatable bonds is 5. The molecule has 1 aliphatic heterocycles. The molecule has 5 heteroatoms. The highest BCUT2D eigenvalue weighted by Crippen LogP contribution is 2.51. The van der Waals surface area contributed by atoms with Crippen molar-refractivity contribution in [2.24, 2.45) is 0 Å². The summed E-state index contributed by atoms with van der Waals surface area (Å²) in [4.78, 5) is 17.5. The molecule has 1 aliphatic rings. The molecular weight excluding hydrogens is 647 g/mol. The van der Waals surface area contributed by atoms with E-state index in [0.29, 0.717) is 17.5 Å². The van der Waals surface area contributed by atoms with Gasteiger partial charge in [-0.3, -0.25) is 0 Å². The minimum atomic E-state index is -0.111. The first-order valence-corrected chi connectivity index (χ1v) is 18.0. The summed E-state index contributed by atoms with van der Waals surface area (Å²) in [5, 5.41) is 2.48. The lowest BCUT2D eigenvalue weighted by molar-refractivity contribution is 0.632. The molecule has 0 aliphatic carbocycles. The van der Waals surface area contributed by atoms with Crippen molar-refractivity contribution in [2.75, 3.05) is 4.90 Å². The maximum Gasteiger partial charge on any atom is 0.164 e. The lowest BCUT2D eigenvalue weighted by atomic mass is 9.73. The van der Waals surface area contributed by atoms with Crippen LogP contribution in [0.3, 0.4) is 0 Å². The summed E-state index contributed by atoms with van der Waals surface area (Å²) in [5.74, 6) is 1.91. The number of nitrogens with zero attached hydrogens (tertiary/aromatic N) is 5. The average Bonchev–Trinajstić information content (AvgIpc) is 3.56. The van der Waals surface area contributed by atoms with Crippen LogP contribution in [0.1, 0.15) is 25.0 Å². The summed E-state index contributed by atoms with van der Waals surface area (Å²) in [7, 11) is 0. The van der Waals surface area contributed by atoms with Crippen LogP contribution < -0.4 is 4.90 Å². The van der Waals surface area contributed by atoms with Crippen molar-refractivity contribution in [3.8, 4) is 39.9 Å². The summed E-state index contributed by atoms with van der Waals surface area (Å²) in [6, 6.07) is 61.9. The molecule has 0 atom stereocenters. The number of anilines is 3. The fraction of sp³-hybridized carbons (Fsp3) is 0.0625. The Hall–Kier alpha value is -6.85. The number of para-hydroxylation sites is 4. The van der Waals surface area contributed by atoms with Gasteiger partial charge in [-0.25, -0.2) is 15.0 Å². The van der Waals surface area contributed by atoms with E-state index in [0.717, 1.165) is 28.1 Å². The van der Waals surface area contributed by atoms with Crippen molar-refractivity contribution in [1.29, 1.82) is 0 Å². The van der Waals surface area contributed by atoms with E-state index in [1.54, 1.807) is 0 Å². The third-order valence-corrected chi connectivity index (χ3v) is 10.7. The third kappa shape index (κ3) is 5.04. The van der Waals surface area contributed by atoms with Crippen molar-refractivity contribution >= 4 is 38.9 Å². The van der Waals surface area contributed by atoms with Gasteiger partial charge in [0.25, 0.3) is 0 Å². The van der Waals surface area contributed by atoms with E-state index in [-0.39, 0.29) is 5.41 Å². The van der Waals surface area contributed by atoms with E-state index < -0.39 is 0 Å². The van der Waals surface area contributed by atoms with Crippen molar-refractivity contribution in [2.45, 2.75) is 19.3 Å². The van der Waals surface area contributed by atoms with E-state index >= 15 is 0 Å². The molecule has 7 aromatic carbocycles. The number of hydrogen-bond donors (Lipinski definition) is 0. The minimum absolute atomic E-state index is 0.111. The molecular formula is C48H35N5. The van der Waals surface area contributed by atoms with Crippen molar-refractivity contribution in [3.05, 3.63) is 187 Å². The Morgan fingerprint density at radius 1 is 0.377 bits per heavy atom. The molecule has 0 saturated carbocycles. The minimum Gasteiger partial charge on any atom is -0.310 e. The van der Waals surface area contributed by atoms with Gasteiger partial charge in [0.2, 0.25) is 0 Å². The number of aromatic nitrogens is 4. The smallest absolute Gasteiger partial charge is 0.164 e. The molecule has 10 rings (SSSR count). The molecule has 252 valence electrons. The fourth-order valence-corrected chi connectivity index (χ4v) is 8.02. The predicted octanol–water partition coefficient (Wildman–Crippen LogP) is 12.1. The van der Waals surface area contributed by atoms with Crippen LogP contribution in [0, 0.1) is 0 Å². The van der Waals surface area contributed by atoms with Gasteiger partial charge in [-0.15, -0.1) is 0 Å². The highest BCUT2D eigenvalue weighted by atomic mass is 15.2. The second-order valence-electron chi connectivity index (χ2n) is 14.1. The highest BCUT2D eigenvalue weighted by molar-refractivity contribution is 6.09. The van der Waals surface area contributed by atoms with Gasteiger partial charge in [-0.05, 0) is 83.9 Å².